The molecule has 8 nitrogen and oxygen atoms in total. The van der Waals surface area contributed by atoms with E-state index < -0.39 is 19.9 Å². The van der Waals surface area contributed by atoms with Crippen molar-refractivity contribution in [3.63, 3.8) is 0 Å². The van der Waals surface area contributed by atoms with Crippen LogP contribution >= 0.6 is 7.82 Å². The van der Waals surface area contributed by atoms with E-state index in [1.165, 1.54) is 19.3 Å². The fourth-order valence-electron chi connectivity index (χ4n) is 4.51. The maximum absolute atomic E-state index is 12.6. The van der Waals surface area contributed by atoms with Gasteiger partial charge < -0.3 is 27.9 Å². The second kappa shape index (κ2) is 34.7. The average Bonchev–Trinajstić information content (AvgIpc) is 3.08. The first-order valence-corrected chi connectivity index (χ1v) is 20.8. The van der Waals surface area contributed by atoms with Crippen molar-refractivity contribution in [1.82, 2.24) is 0 Å². The zero-order valence-corrected chi connectivity index (χ0v) is 33.7. The summed E-state index contributed by atoms with van der Waals surface area (Å²) in [5.74, 6) is -0.424. The highest BCUT2D eigenvalue weighted by molar-refractivity contribution is 7.45. The predicted octanol–water partition coefficient (Wildman–Crippen LogP) is 10.3. The van der Waals surface area contributed by atoms with Crippen LogP contribution in [0.15, 0.2) is 85.1 Å². The van der Waals surface area contributed by atoms with E-state index in [4.69, 9.17) is 18.5 Å². The predicted molar refractivity (Wildman–Crippen MR) is 212 cm³/mol. The van der Waals surface area contributed by atoms with Crippen molar-refractivity contribution in [2.75, 3.05) is 54.1 Å². The van der Waals surface area contributed by atoms with E-state index >= 15 is 0 Å². The van der Waals surface area contributed by atoms with Crippen LogP contribution in [0.3, 0.4) is 0 Å². The molecule has 9 heteroatoms. The fourth-order valence-corrected chi connectivity index (χ4v) is 5.24. The average molecular weight is 734 g/mol. The minimum Gasteiger partial charge on any atom is -0.756 e. The molecule has 0 bridgehead atoms. The van der Waals surface area contributed by atoms with Gasteiger partial charge in [-0.05, 0) is 70.6 Å². The molecule has 0 radical (unpaired) electrons. The molecule has 0 amide bonds. The Balaban J connectivity index is 4.44. The summed E-state index contributed by atoms with van der Waals surface area (Å²) in [7, 11) is 1.29. The minimum atomic E-state index is -4.55. The van der Waals surface area contributed by atoms with Crippen LogP contribution in [0.25, 0.3) is 0 Å². The van der Waals surface area contributed by atoms with Crippen molar-refractivity contribution in [3.05, 3.63) is 85.1 Å². The molecule has 0 aromatic rings. The molecule has 0 aromatic heterocycles. The quantitative estimate of drug-likeness (QED) is 0.0214. The number of hydrogen-bond acceptors (Lipinski definition) is 7. The van der Waals surface area contributed by atoms with Gasteiger partial charge in [-0.2, -0.15) is 0 Å². The lowest BCUT2D eigenvalue weighted by Crippen LogP contribution is -2.37. The molecule has 0 aliphatic heterocycles. The SMILES string of the molecule is CC/C=C\C/C=C\C/C=C\C/C=C\CCC(=O)OC(COCCCCCCCC/C=C\C/C=C\C/C=C\CC)COP(=O)([O-])OCC[N+](C)(C)C. The number of unbranched alkanes of at least 4 members (excludes halogenated alkanes) is 6. The molecule has 51 heavy (non-hydrogen) atoms. The molecule has 0 aliphatic carbocycles. The first-order chi connectivity index (χ1) is 24.6. The van der Waals surface area contributed by atoms with Crippen LogP contribution in [0.5, 0.6) is 0 Å². The summed E-state index contributed by atoms with van der Waals surface area (Å²) in [6, 6.07) is 0. The molecule has 2 atom stereocenters. The van der Waals surface area contributed by atoms with Crippen LogP contribution in [0.1, 0.15) is 117 Å². The van der Waals surface area contributed by atoms with Gasteiger partial charge in [-0.1, -0.05) is 125 Å². The topological polar surface area (TPSA) is 94.1 Å². The van der Waals surface area contributed by atoms with Crippen molar-refractivity contribution in [3.8, 4) is 0 Å². The molecular weight excluding hydrogens is 661 g/mol. The number of carbonyl (C=O) groups is 1. The number of phosphoric ester groups is 1. The molecule has 0 heterocycles. The van der Waals surface area contributed by atoms with E-state index in [0.717, 1.165) is 70.6 Å². The Morgan fingerprint density at radius 1 is 0.608 bits per heavy atom. The Bertz CT molecular complexity index is 1090. The molecule has 0 spiro atoms. The van der Waals surface area contributed by atoms with Gasteiger partial charge in [-0.25, -0.2) is 0 Å². The molecule has 0 aliphatic rings. The number of likely N-dealkylation sites (N-methyl/N-ethyl adjacent to an activating group) is 1. The van der Waals surface area contributed by atoms with Crippen molar-refractivity contribution < 1.29 is 37.3 Å². The Morgan fingerprint density at radius 2 is 1.08 bits per heavy atom. The van der Waals surface area contributed by atoms with E-state index in [1.807, 2.05) is 33.3 Å². The number of ether oxygens (including phenoxy) is 2. The second-order valence-corrected chi connectivity index (χ2v) is 14.9. The van der Waals surface area contributed by atoms with Gasteiger partial charge in [0.15, 0.2) is 0 Å². The fraction of sp³-hybridized carbons (Fsp3) is 0.643. The summed E-state index contributed by atoms with van der Waals surface area (Å²) < 4.78 is 34.3. The molecular formula is C42H72NO7P. The summed E-state index contributed by atoms with van der Waals surface area (Å²) in [4.78, 5) is 24.9. The van der Waals surface area contributed by atoms with Gasteiger partial charge in [0.05, 0.1) is 34.4 Å². The smallest absolute Gasteiger partial charge is 0.306 e. The van der Waals surface area contributed by atoms with Crippen LogP contribution in [-0.4, -0.2) is 70.7 Å². The molecule has 0 fully saturated rings. The normalized spacial score (nSPS) is 14.9. The number of quaternary nitrogens is 1. The summed E-state index contributed by atoms with van der Waals surface area (Å²) in [6.45, 7) is 5.01. The van der Waals surface area contributed by atoms with E-state index in [1.54, 1.807) is 0 Å². The molecule has 0 saturated heterocycles. The third-order valence-electron chi connectivity index (χ3n) is 7.46. The van der Waals surface area contributed by atoms with Crippen LogP contribution in [0, 0.1) is 0 Å². The highest BCUT2D eigenvalue weighted by atomic mass is 31.2. The number of allylic oxidation sites excluding steroid dienone is 14. The number of phosphoric acid groups is 1. The maximum atomic E-state index is 12.6. The molecule has 2 unspecified atom stereocenters. The minimum absolute atomic E-state index is 0.00578. The molecule has 292 valence electrons. The summed E-state index contributed by atoms with van der Waals surface area (Å²) in [5.41, 5.74) is 0. The van der Waals surface area contributed by atoms with Crippen LogP contribution in [-0.2, 0) is 27.9 Å². The van der Waals surface area contributed by atoms with E-state index in [9.17, 15) is 14.3 Å². The molecule has 0 aromatic carbocycles. The second-order valence-electron chi connectivity index (χ2n) is 13.5. The number of hydrogen-bond donors (Lipinski definition) is 0. The zero-order chi connectivity index (χ0) is 37.7. The van der Waals surface area contributed by atoms with Crippen LogP contribution in [0.2, 0.25) is 0 Å². The monoisotopic (exact) mass is 734 g/mol. The lowest BCUT2D eigenvalue weighted by Gasteiger charge is -2.28. The number of esters is 1. The van der Waals surface area contributed by atoms with Gasteiger partial charge in [0.25, 0.3) is 7.82 Å². The summed E-state index contributed by atoms with van der Waals surface area (Å²) in [5, 5.41) is 0. The largest absolute Gasteiger partial charge is 0.756 e. The van der Waals surface area contributed by atoms with Gasteiger partial charge in [0.1, 0.15) is 19.3 Å². The first kappa shape index (κ1) is 48.7. The summed E-state index contributed by atoms with van der Waals surface area (Å²) in [6.07, 6.45) is 44.7. The van der Waals surface area contributed by atoms with Crippen molar-refractivity contribution in [2.45, 2.75) is 123 Å². The molecule has 0 N–H and O–H groups in total. The first-order valence-electron chi connectivity index (χ1n) is 19.3. The van der Waals surface area contributed by atoms with E-state index in [2.05, 4.69) is 86.8 Å². The number of nitrogens with zero attached hydrogens (tertiary/aromatic N) is 1. The standard InChI is InChI=1S/C42H72NO7P/c1-6-8-10-12-14-16-18-20-21-22-24-26-28-30-32-34-37-47-39-41(40-49-51(45,46)48-38-36-43(3,4)5)50-42(44)35-33-31-29-27-25-23-19-17-15-13-11-9-7-2/h8-11,14-17,20-21,23,25,29,31,41H,6-7,12-13,18-19,22,24,26-28,30,32-40H2,1-5H3/b10-8-,11-9-,16-14-,17-15-,21-20-,25-23-,31-29-. The number of rotatable bonds is 34. The third kappa shape index (κ3) is 38.7. The highest BCUT2D eigenvalue weighted by Gasteiger charge is 2.20. The Hall–Kier alpha value is -2.32. The van der Waals surface area contributed by atoms with Gasteiger partial charge in [0, 0.05) is 13.0 Å². The van der Waals surface area contributed by atoms with Gasteiger partial charge in [-0.3, -0.25) is 9.36 Å². The van der Waals surface area contributed by atoms with E-state index in [-0.39, 0.29) is 26.2 Å². The van der Waals surface area contributed by atoms with Crippen molar-refractivity contribution in [1.29, 1.82) is 0 Å². The highest BCUT2D eigenvalue weighted by Crippen LogP contribution is 2.38. The molecule has 0 rings (SSSR count). The van der Waals surface area contributed by atoms with Crippen molar-refractivity contribution >= 4 is 13.8 Å². The van der Waals surface area contributed by atoms with E-state index in [0.29, 0.717) is 24.1 Å². The summed E-state index contributed by atoms with van der Waals surface area (Å²) >= 11 is 0. The lowest BCUT2D eigenvalue weighted by molar-refractivity contribution is -0.870. The van der Waals surface area contributed by atoms with Gasteiger partial charge in [-0.15, -0.1) is 0 Å². The lowest BCUT2D eigenvalue weighted by atomic mass is 10.1. The Labute approximate surface area is 312 Å². The zero-order valence-electron chi connectivity index (χ0n) is 32.8. The van der Waals surface area contributed by atoms with Crippen LogP contribution < -0.4 is 4.89 Å². The number of carbonyl (C=O) groups excluding carboxylic acids is 1. The van der Waals surface area contributed by atoms with Crippen molar-refractivity contribution in [2.24, 2.45) is 0 Å². The molecule has 0 saturated carbocycles. The third-order valence-corrected chi connectivity index (χ3v) is 8.42. The van der Waals surface area contributed by atoms with Gasteiger partial charge in [0.2, 0.25) is 0 Å². The van der Waals surface area contributed by atoms with Gasteiger partial charge >= 0.3 is 5.97 Å². The van der Waals surface area contributed by atoms with Crippen LogP contribution in [0.4, 0.5) is 0 Å². The maximum Gasteiger partial charge on any atom is 0.306 e. The Kier molecular flexibility index (Phi) is 33.2. The Morgan fingerprint density at radius 3 is 1.61 bits per heavy atom.